The number of rotatable bonds is 4. The van der Waals surface area contributed by atoms with Gasteiger partial charge in [-0.15, -0.1) is 0 Å². The molecule has 0 aromatic carbocycles. The standard InChI is InChI=1S/C10H18N4O/c1-6-4-10(14-8(3)13-6)12-5-9(11)7(2)15/h4,7,9,15H,5,11H2,1-3H3,(H,12,13,14). The molecule has 4 N–H and O–H groups in total. The fourth-order valence-electron chi connectivity index (χ4n) is 1.20. The quantitative estimate of drug-likeness (QED) is 0.661. The van der Waals surface area contributed by atoms with Crippen LogP contribution in [0.3, 0.4) is 0 Å². The van der Waals surface area contributed by atoms with Crippen LogP contribution in [0.2, 0.25) is 0 Å². The first-order valence-corrected chi connectivity index (χ1v) is 4.99. The zero-order valence-corrected chi connectivity index (χ0v) is 9.36. The molecule has 0 amide bonds. The second-order valence-corrected chi connectivity index (χ2v) is 3.73. The van der Waals surface area contributed by atoms with Crippen LogP contribution in [0.25, 0.3) is 0 Å². The lowest BCUT2D eigenvalue weighted by Gasteiger charge is -2.15. The van der Waals surface area contributed by atoms with Gasteiger partial charge in [0.1, 0.15) is 11.6 Å². The summed E-state index contributed by atoms with van der Waals surface area (Å²) in [6, 6.07) is 1.56. The highest BCUT2D eigenvalue weighted by molar-refractivity contribution is 5.35. The first kappa shape index (κ1) is 11.9. The van der Waals surface area contributed by atoms with Crippen LogP contribution < -0.4 is 11.1 Å². The first-order chi connectivity index (χ1) is 6.99. The summed E-state index contributed by atoms with van der Waals surface area (Å²) in [4.78, 5) is 8.37. The third-order valence-corrected chi connectivity index (χ3v) is 2.10. The molecular formula is C10H18N4O. The second kappa shape index (κ2) is 5.04. The molecule has 0 bridgehead atoms. The molecule has 5 heteroatoms. The van der Waals surface area contributed by atoms with Crippen LogP contribution in [-0.2, 0) is 0 Å². The number of aliphatic hydroxyl groups excluding tert-OH is 1. The number of nitrogens with two attached hydrogens (primary N) is 1. The van der Waals surface area contributed by atoms with Crippen molar-refractivity contribution in [2.45, 2.75) is 32.9 Å². The summed E-state index contributed by atoms with van der Waals surface area (Å²) in [5.74, 6) is 1.47. The molecule has 1 aromatic rings. The second-order valence-electron chi connectivity index (χ2n) is 3.73. The van der Waals surface area contributed by atoms with E-state index in [1.807, 2.05) is 19.9 Å². The van der Waals surface area contributed by atoms with Crippen LogP contribution in [0.4, 0.5) is 5.82 Å². The summed E-state index contributed by atoms with van der Waals surface area (Å²) in [6.07, 6.45) is -0.526. The minimum Gasteiger partial charge on any atom is -0.392 e. The van der Waals surface area contributed by atoms with Crippen molar-refractivity contribution in [1.82, 2.24) is 9.97 Å². The van der Waals surface area contributed by atoms with E-state index in [9.17, 15) is 5.11 Å². The fraction of sp³-hybridized carbons (Fsp3) is 0.600. The number of nitrogens with zero attached hydrogens (tertiary/aromatic N) is 2. The minimum atomic E-state index is -0.526. The van der Waals surface area contributed by atoms with Gasteiger partial charge in [-0.05, 0) is 20.8 Å². The molecule has 0 radical (unpaired) electrons. The van der Waals surface area contributed by atoms with Crippen LogP contribution in [-0.4, -0.2) is 33.8 Å². The summed E-state index contributed by atoms with van der Waals surface area (Å²) < 4.78 is 0. The summed E-state index contributed by atoms with van der Waals surface area (Å²) in [5, 5.41) is 12.3. The van der Waals surface area contributed by atoms with Crippen molar-refractivity contribution in [2.24, 2.45) is 5.73 Å². The number of anilines is 1. The predicted octanol–water partition coefficient (Wildman–Crippen LogP) is 0.213. The number of hydrogen-bond donors (Lipinski definition) is 3. The van der Waals surface area contributed by atoms with Crippen LogP contribution in [0.5, 0.6) is 0 Å². The molecule has 0 aliphatic carbocycles. The molecule has 2 atom stereocenters. The van der Waals surface area contributed by atoms with Gasteiger partial charge in [-0.2, -0.15) is 0 Å². The maximum atomic E-state index is 9.21. The number of aromatic nitrogens is 2. The fourth-order valence-corrected chi connectivity index (χ4v) is 1.20. The summed E-state index contributed by atoms with van der Waals surface area (Å²) in [5.41, 5.74) is 6.60. The zero-order valence-electron chi connectivity index (χ0n) is 9.36. The van der Waals surface area contributed by atoms with Gasteiger partial charge in [0, 0.05) is 24.3 Å². The monoisotopic (exact) mass is 210 g/mol. The minimum absolute atomic E-state index is 0.291. The Labute approximate surface area is 89.7 Å². The molecule has 0 aliphatic rings. The van der Waals surface area contributed by atoms with Crippen molar-refractivity contribution < 1.29 is 5.11 Å². The van der Waals surface area contributed by atoms with E-state index >= 15 is 0 Å². The Balaban J connectivity index is 2.57. The lowest BCUT2D eigenvalue weighted by molar-refractivity contribution is 0.168. The Bertz CT molecular complexity index is 307. The van der Waals surface area contributed by atoms with Gasteiger partial charge in [0.05, 0.1) is 6.10 Å². The van der Waals surface area contributed by atoms with E-state index in [-0.39, 0.29) is 6.04 Å². The summed E-state index contributed by atoms with van der Waals surface area (Å²) in [7, 11) is 0. The maximum absolute atomic E-state index is 9.21. The van der Waals surface area contributed by atoms with E-state index in [0.29, 0.717) is 6.54 Å². The normalized spacial score (nSPS) is 14.7. The maximum Gasteiger partial charge on any atom is 0.129 e. The van der Waals surface area contributed by atoms with E-state index in [4.69, 9.17) is 5.73 Å². The predicted molar refractivity (Wildman–Crippen MR) is 59.7 cm³/mol. The Kier molecular flexibility index (Phi) is 3.99. The third-order valence-electron chi connectivity index (χ3n) is 2.10. The van der Waals surface area contributed by atoms with Crippen LogP contribution in [0.1, 0.15) is 18.4 Å². The summed E-state index contributed by atoms with van der Waals surface area (Å²) >= 11 is 0. The highest BCUT2D eigenvalue weighted by Gasteiger charge is 2.09. The van der Waals surface area contributed by atoms with Crippen LogP contribution in [0, 0.1) is 13.8 Å². The molecule has 84 valence electrons. The van der Waals surface area contributed by atoms with E-state index in [1.165, 1.54) is 0 Å². The smallest absolute Gasteiger partial charge is 0.129 e. The Morgan fingerprint density at radius 1 is 1.47 bits per heavy atom. The lowest BCUT2D eigenvalue weighted by atomic mass is 10.2. The van der Waals surface area contributed by atoms with Crippen molar-refractivity contribution in [2.75, 3.05) is 11.9 Å². The van der Waals surface area contributed by atoms with Gasteiger partial charge < -0.3 is 16.2 Å². The van der Waals surface area contributed by atoms with Gasteiger partial charge in [-0.3, -0.25) is 0 Å². The van der Waals surface area contributed by atoms with Crippen molar-refractivity contribution in [3.63, 3.8) is 0 Å². The van der Waals surface area contributed by atoms with Gasteiger partial charge in [0.15, 0.2) is 0 Å². The molecule has 15 heavy (non-hydrogen) atoms. The van der Waals surface area contributed by atoms with Gasteiger partial charge in [0.2, 0.25) is 0 Å². The average Bonchev–Trinajstić information content (AvgIpc) is 2.12. The van der Waals surface area contributed by atoms with Crippen molar-refractivity contribution in [3.05, 3.63) is 17.6 Å². The van der Waals surface area contributed by atoms with E-state index in [0.717, 1.165) is 17.3 Å². The van der Waals surface area contributed by atoms with Crippen molar-refractivity contribution in [1.29, 1.82) is 0 Å². The number of hydrogen-bond acceptors (Lipinski definition) is 5. The number of aryl methyl sites for hydroxylation is 2. The largest absolute Gasteiger partial charge is 0.392 e. The highest BCUT2D eigenvalue weighted by Crippen LogP contribution is 2.05. The highest BCUT2D eigenvalue weighted by atomic mass is 16.3. The molecule has 0 fully saturated rings. The molecule has 1 heterocycles. The van der Waals surface area contributed by atoms with E-state index in [1.54, 1.807) is 6.92 Å². The van der Waals surface area contributed by atoms with Crippen LogP contribution in [0.15, 0.2) is 6.07 Å². The molecule has 0 saturated heterocycles. The topological polar surface area (TPSA) is 84.1 Å². The first-order valence-electron chi connectivity index (χ1n) is 4.99. The molecule has 0 saturated carbocycles. The van der Waals surface area contributed by atoms with E-state index in [2.05, 4.69) is 15.3 Å². The Hall–Kier alpha value is -1.20. The average molecular weight is 210 g/mol. The van der Waals surface area contributed by atoms with Crippen molar-refractivity contribution in [3.8, 4) is 0 Å². The van der Waals surface area contributed by atoms with Gasteiger partial charge >= 0.3 is 0 Å². The van der Waals surface area contributed by atoms with E-state index < -0.39 is 6.10 Å². The third kappa shape index (κ3) is 3.81. The molecule has 1 rings (SSSR count). The Morgan fingerprint density at radius 3 is 2.67 bits per heavy atom. The number of nitrogens with one attached hydrogen (secondary N) is 1. The zero-order chi connectivity index (χ0) is 11.4. The molecule has 1 aromatic heterocycles. The summed E-state index contributed by atoms with van der Waals surface area (Å²) in [6.45, 7) is 5.91. The molecule has 0 aliphatic heterocycles. The molecule has 2 unspecified atom stereocenters. The molecule has 5 nitrogen and oxygen atoms in total. The van der Waals surface area contributed by atoms with Gasteiger partial charge in [-0.1, -0.05) is 0 Å². The van der Waals surface area contributed by atoms with Crippen LogP contribution >= 0.6 is 0 Å². The van der Waals surface area contributed by atoms with Crippen molar-refractivity contribution >= 4 is 5.82 Å². The number of aliphatic hydroxyl groups is 1. The van der Waals surface area contributed by atoms with Gasteiger partial charge in [-0.25, -0.2) is 9.97 Å². The van der Waals surface area contributed by atoms with Gasteiger partial charge in [0.25, 0.3) is 0 Å². The lowest BCUT2D eigenvalue weighted by Crippen LogP contribution is -2.38. The Morgan fingerprint density at radius 2 is 2.13 bits per heavy atom. The SMILES string of the molecule is Cc1cc(NCC(N)C(C)O)nc(C)n1. The molecule has 0 spiro atoms. The molecular weight excluding hydrogens is 192 g/mol.